The number of esters is 1. The van der Waals surface area contributed by atoms with Gasteiger partial charge in [0.25, 0.3) is 5.91 Å². The average Bonchev–Trinajstić information content (AvgIpc) is 3.52. The molecule has 0 bridgehead atoms. The Balaban J connectivity index is 1.49. The largest absolute Gasteiger partial charge is 0.454 e. The van der Waals surface area contributed by atoms with Crippen molar-refractivity contribution in [3.63, 3.8) is 0 Å². The molecule has 5 rings (SSSR count). The normalized spacial score (nSPS) is 18.1. The second-order valence-electron chi connectivity index (χ2n) is 9.68. The van der Waals surface area contributed by atoms with Gasteiger partial charge in [0, 0.05) is 17.1 Å². The standard InChI is InChI=1S/C29H29N5O3/c1-5-24(20-16-30-34(17-20)21-12-7-6-8-13-21)37-27(35)22-15-19-11-9-10-14-23(19)31-25(22)26-32-28(36)29(4,33-26)18(2)3/h6-18,24H,5H2,1-4H3,(H,32,33,36). The van der Waals surface area contributed by atoms with Crippen molar-refractivity contribution in [2.75, 3.05) is 0 Å². The molecule has 1 aliphatic rings. The molecule has 8 nitrogen and oxygen atoms in total. The van der Waals surface area contributed by atoms with Gasteiger partial charge in [0.15, 0.2) is 5.84 Å². The van der Waals surface area contributed by atoms with Crippen LogP contribution in [0.25, 0.3) is 16.6 Å². The predicted octanol–water partition coefficient (Wildman–Crippen LogP) is 5.02. The van der Waals surface area contributed by atoms with E-state index in [1.165, 1.54) is 0 Å². The fourth-order valence-electron chi connectivity index (χ4n) is 4.31. The summed E-state index contributed by atoms with van der Waals surface area (Å²) in [5.41, 5.74) is 2.08. The van der Waals surface area contributed by atoms with Gasteiger partial charge in [-0.2, -0.15) is 10.1 Å². The first-order valence-corrected chi connectivity index (χ1v) is 12.4. The Morgan fingerprint density at radius 1 is 1.11 bits per heavy atom. The lowest BCUT2D eigenvalue weighted by Crippen LogP contribution is -2.50. The van der Waals surface area contributed by atoms with E-state index in [1.807, 2.05) is 88.5 Å². The molecule has 1 aliphatic heterocycles. The number of aromatic nitrogens is 3. The monoisotopic (exact) mass is 495 g/mol. The summed E-state index contributed by atoms with van der Waals surface area (Å²) in [6.07, 6.45) is 3.63. The number of nitrogens with zero attached hydrogens (tertiary/aromatic N) is 4. The van der Waals surface area contributed by atoms with Crippen molar-refractivity contribution >= 4 is 28.6 Å². The highest BCUT2D eigenvalue weighted by Crippen LogP contribution is 2.28. The van der Waals surface area contributed by atoms with E-state index in [9.17, 15) is 9.59 Å². The Bertz CT molecular complexity index is 1510. The van der Waals surface area contributed by atoms with Gasteiger partial charge in [-0.3, -0.25) is 4.79 Å². The zero-order valence-corrected chi connectivity index (χ0v) is 21.3. The number of benzene rings is 2. The van der Waals surface area contributed by atoms with Gasteiger partial charge < -0.3 is 10.1 Å². The number of rotatable bonds is 7. The van der Waals surface area contributed by atoms with Crippen molar-refractivity contribution in [3.8, 4) is 5.69 Å². The van der Waals surface area contributed by atoms with Crippen LogP contribution in [0.4, 0.5) is 0 Å². The molecule has 4 aromatic rings. The van der Waals surface area contributed by atoms with Crippen LogP contribution in [0.1, 0.15) is 61.8 Å². The second kappa shape index (κ2) is 9.61. The Morgan fingerprint density at radius 3 is 2.54 bits per heavy atom. The van der Waals surface area contributed by atoms with Gasteiger partial charge in [-0.25, -0.2) is 14.5 Å². The molecule has 2 aromatic carbocycles. The lowest BCUT2D eigenvalue weighted by atomic mass is 9.88. The van der Waals surface area contributed by atoms with Gasteiger partial charge in [-0.05, 0) is 43.5 Å². The molecule has 2 aromatic heterocycles. The summed E-state index contributed by atoms with van der Waals surface area (Å²) < 4.78 is 7.75. The van der Waals surface area contributed by atoms with E-state index in [0.29, 0.717) is 17.6 Å². The first kappa shape index (κ1) is 24.4. The first-order valence-electron chi connectivity index (χ1n) is 12.4. The number of amidine groups is 1. The maximum absolute atomic E-state index is 13.6. The number of carbonyl (C=O) groups is 2. The number of carbonyl (C=O) groups excluding carboxylic acids is 2. The lowest BCUT2D eigenvalue weighted by molar-refractivity contribution is -0.123. The Morgan fingerprint density at radius 2 is 1.84 bits per heavy atom. The highest BCUT2D eigenvalue weighted by molar-refractivity contribution is 6.17. The summed E-state index contributed by atoms with van der Waals surface area (Å²) >= 11 is 0. The minimum Gasteiger partial charge on any atom is -0.454 e. The molecule has 2 atom stereocenters. The molecular formula is C29H29N5O3. The molecule has 0 saturated heterocycles. The average molecular weight is 496 g/mol. The fourth-order valence-corrected chi connectivity index (χ4v) is 4.31. The molecule has 0 aliphatic carbocycles. The first-order chi connectivity index (χ1) is 17.8. The number of pyridine rings is 1. The Kier molecular flexibility index (Phi) is 6.33. The molecule has 1 amide bonds. The summed E-state index contributed by atoms with van der Waals surface area (Å²) in [5, 5.41) is 8.47. The van der Waals surface area contributed by atoms with E-state index in [1.54, 1.807) is 16.9 Å². The number of ether oxygens (including phenoxy) is 1. The molecule has 0 saturated carbocycles. The Labute approximate surface area is 215 Å². The quantitative estimate of drug-likeness (QED) is 0.362. The van der Waals surface area contributed by atoms with Crippen LogP contribution in [0, 0.1) is 5.92 Å². The topological polar surface area (TPSA) is 98.5 Å². The van der Waals surface area contributed by atoms with Crippen LogP contribution in [0.3, 0.4) is 0 Å². The van der Waals surface area contributed by atoms with Gasteiger partial charge in [0.2, 0.25) is 0 Å². The number of nitrogens with one attached hydrogen (secondary N) is 1. The minimum absolute atomic E-state index is 0.0114. The van der Waals surface area contributed by atoms with Crippen LogP contribution in [0.5, 0.6) is 0 Å². The van der Waals surface area contributed by atoms with E-state index in [2.05, 4.69) is 15.4 Å². The SMILES string of the molecule is CCC(OC(=O)c1cc2ccccc2nc1C1=NC(=O)C(C)(C(C)C)N1)c1cnn(-c2ccccc2)c1. The van der Waals surface area contributed by atoms with E-state index < -0.39 is 17.6 Å². The van der Waals surface area contributed by atoms with Crippen molar-refractivity contribution in [1.82, 2.24) is 20.1 Å². The van der Waals surface area contributed by atoms with Crippen molar-refractivity contribution in [2.45, 2.75) is 45.8 Å². The minimum atomic E-state index is -0.873. The Hall–Kier alpha value is -4.33. The molecule has 188 valence electrons. The number of amides is 1. The summed E-state index contributed by atoms with van der Waals surface area (Å²) in [7, 11) is 0. The summed E-state index contributed by atoms with van der Waals surface area (Å²) in [5.74, 6) is -0.555. The maximum atomic E-state index is 13.6. The zero-order chi connectivity index (χ0) is 26.2. The van der Waals surface area contributed by atoms with Crippen LogP contribution in [0.2, 0.25) is 0 Å². The van der Waals surface area contributed by atoms with Crippen LogP contribution >= 0.6 is 0 Å². The van der Waals surface area contributed by atoms with E-state index in [0.717, 1.165) is 16.6 Å². The predicted molar refractivity (Wildman–Crippen MR) is 142 cm³/mol. The van der Waals surface area contributed by atoms with Crippen LogP contribution in [0.15, 0.2) is 78.0 Å². The summed E-state index contributed by atoms with van der Waals surface area (Å²) in [6, 6.07) is 19.0. The van der Waals surface area contributed by atoms with Gasteiger partial charge in [-0.15, -0.1) is 0 Å². The molecule has 37 heavy (non-hydrogen) atoms. The van der Waals surface area contributed by atoms with Crippen molar-refractivity contribution in [2.24, 2.45) is 10.9 Å². The third kappa shape index (κ3) is 4.50. The van der Waals surface area contributed by atoms with E-state index >= 15 is 0 Å². The number of hydrogen-bond donors (Lipinski definition) is 1. The number of para-hydroxylation sites is 2. The van der Waals surface area contributed by atoms with Crippen LogP contribution < -0.4 is 5.32 Å². The smallest absolute Gasteiger partial charge is 0.341 e. The maximum Gasteiger partial charge on any atom is 0.341 e. The van der Waals surface area contributed by atoms with E-state index in [4.69, 9.17) is 9.72 Å². The zero-order valence-electron chi connectivity index (χ0n) is 21.3. The number of fused-ring (bicyclic) bond motifs is 1. The van der Waals surface area contributed by atoms with Crippen molar-refractivity contribution < 1.29 is 14.3 Å². The van der Waals surface area contributed by atoms with Crippen molar-refractivity contribution in [1.29, 1.82) is 0 Å². The highest BCUT2D eigenvalue weighted by Gasteiger charge is 2.43. The summed E-state index contributed by atoms with van der Waals surface area (Å²) in [6.45, 7) is 7.67. The van der Waals surface area contributed by atoms with Gasteiger partial charge >= 0.3 is 5.97 Å². The third-order valence-electron chi connectivity index (χ3n) is 6.97. The fraction of sp³-hybridized carbons (Fsp3) is 0.276. The lowest BCUT2D eigenvalue weighted by Gasteiger charge is -2.27. The highest BCUT2D eigenvalue weighted by atomic mass is 16.5. The number of hydrogen-bond acceptors (Lipinski definition) is 6. The molecule has 3 heterocycles. The molecule has 1 N–H and O–H groups in total. The van der Waals surface area contributed by atoms with E-state index in [-0.39, 0.29) is 23.2 Å². The molecular weight excluding hydrogens is 466 g/mol. The molecule has 0 radical (unpaired) electrons. The molecule has 0 fully saturated rings. The van der Waals surface area contributed by atoms with Crippen LogP contribution in [-0.2, 0) is 9.53 Å². The molecule has 2 unspecified atom stereocenters. The van der Waals surface area contributed by atoms with Gasteiger partial charge in [0.1, 0.15) is 17.3 Å². The van der Waals surface area contributed by atoms with Crippen molar-refractivity contribution in [3.05, 3.63) is 89.9 Å². The molecule has 0 spiro atoms. The van der Waals surface area contributed by atoms with Crippen LogP contribution in [-0.4, -0.2) is 38.0 Å². The number of aliphatic imine (C=N–C) groups is 1. The van der Waals surface area contributed by atoms with Gasteiger partial charge in [-0.1, -0.05) is 57.2 Å². The summed E-state index contributed by atoms with van der Waals surface area (Å²) in [4.78, 5) is 35.4. The third-order valence-corrected chi connectivity index (χ3v) is 6.97. The van der Waals surface area contributed by atoms with Gasteiger partial charge in [0.05, 0.1) is 23.0 Å². The molecule has 8 heteroatoms. The second-order valence-corrected chi connectivity index (χ2v) is 9.68.